The summed E-state index contributed by atoms with van der Waals surface area (Å²) in [6.07, 6.45) is 1.67. The highest BCUT2D eigenvalue weighted by Gasteiger charge is 2.12. The number of esters is 1. The van der Waals surface area contributed by atoms with Crippen LogP contribution in [0.3, 0.4) is 0 Å². The average molecular weight is 349 g/mol. The van der Waals surface area contributed by atoms with Gasteiger partial charge in [0.05, 0.1) is 18.1 Å². The highest BCUT2D eigenvalue weighted by Crippen LogP contribution is 2.23. The molecule has 0 saturated heterocycles. The maximum Gasteiger partial charge on any atom is 0.316 e. The first-order valence-corrected chi connectivity index (χ1v) is 8.30. The Morgan fingerprint density at radius 1 is 1.30 bits per heavy atom. The molecule has 1 aromatic carbocycles. The molecule has 2 aromatic heterocycles. The number of thioether (sulfide) groups is 1. The lowest BCUT2D eigenvalue weighted by Gasteiger charge is -2.03. The van der Waals surface area contributed by atoms with Crippen LogP contribution in [0, 0.1) is 0 Å². The maximum atomic E-state index is 11.4. The number of aromatic nitrogens is 4. The van der Waals surface area contributed by atoms with Crippen molar-refractivity contribution in [1.29, 1.82) is 0 Å². The molecule has 0 bridgehead atoms. The van der Waals surface area contributed by atoms with Gasteiger partial charge in [0.25, 0.3) is 5.78 Å². The van der Waals surface area contributed by atoms with Crippen molar-refractivity contribution in [3.05, 3.63) is 41.6 Å². The quantitative estimate of drug-likeness (QED) is 0.521. The third-order valence-corrected chi connectivity index (χ3v) is 4.05. The van der Waals surface area contributed by atoms with Crippen LogP contribution in [0.5, 0.6) is 0 Å². The van der Waals surface area contributed by atoms with Gasteiger partial charge in [-0.2, -0.15) is 9.50 Å². The fourth-order valence-corrected chi connectivity index (χ4v) is 2.74. The van der Waals surface area contributed by atoms with Crippen LogP contribution >= 0.6 is 23.4 Å². The second-order valence-electron chi connectivity index (χ2n) is 4.54. The lowest BCUT2D eigenvalue weighted by molar-refractivity contribution is -0.139. The van der Waals surface area contributed by atoms with E-state index in [0.29, 0.717) is 22.6 Å². The first-order chi connectivity index (χ1) is 11.2. The van der Waals surface area contributed by atoms with E-state index in [0.717, 1.165) is 11.3 Å². The summed E-state index contributed by atoms with van der Waals surface area (Å²) in [7, 11) is 0. The van der Waals surface area contributed by atoms with Crippen molar-refractivity contribution >= 4 is 35.1 Å². The van der Waals surface area contributed by atoms with Gasteiger partial charge in [0.1, 0.15) is 0 Å². The molecule has 0 amide bonds. The van der Waals surface area contributed by atoms with Crippen LogP contribution in [-0.2, 0) is 9.53 Å². The molecule has 23 heavy (non-hydrogen) atoms. The molecule has 0 aliphatic carbocycles. The predicted octanol–water partition coefficient (Wildman–Crippen LogP) is 3.10. The minimum atomic E-state index is -0.290. The Hall–Kier alpha value is -2.12. The summed E-state index contributed by atoms with van der Waals surface area (Å²) >= 11 is 7.15. The van der Waals surface area contributed by atoms with E-state index in [-0.39, 0.29) is 11.7 Å². The largest absolute Gasteiger partial charge is 0.465 e. The van der Waals surface area contributed by atoms with Gasteiger partial charge in [-0.1, -0.05) is 35.5 Å². The number of halogens is 1. The summed E-state index contributed by atoms with van der Waals surface area (Å²) in [6.45, 7) is 2.13. The van der Waals surface area contributed by atoms with Crippen LogP contribution in [0.15, 0.2) is 41.7 Å². The minimum absolute atomic E-state index is 0.168. The van der Waals surface area contributed by atoms with Gasteiger partial charge < -0.3 is 4.74 Å². The van der Waals surface area contributed by atoms with Crippen molar-refractivity contribution in [3.63, 3.8) is 0 Å². The number of rotatable bonds is 5. The number of benzene rings is 1. The Bertz CT molecular complexity index is 835. The Morgan fingerprint density at radius 3 is 2.83 bits per heavy atom. The number of carbonyl (C=O) groups is 1. The Balaban J connectivity index is 1.89. The number of ether oxygens (including phenoxy) is 1. The summed E-state index contributed by atoms with van der Waals surface area (Å²) in [4.78, 5) is 19.9. The smallest absolute Gasteiger partial charge is 0.316 e. The lowest BCUT2D eigenvalue weighted by atomic mass is 10.1. The van der Waals surface area contributed by atoms with E-state index in [9.17, 15) is 4.79 Å². The van der Waals surface area contributed by atoms with Crippen molar-refractivity contribution < 1.29 is 9.53 Å². The van der Waals surface area contributed by atoms with Crippen LogP contribution < -0.4 is 0 Å². The fourth-order valence-electron chi connectivity index (χ4n) is 2.00. The van der Waals surface area contributed by atoms with Crippen LogP contribution in [-0.4, -0.2) is 37.9 Å². The standard InChI is InChI=1S/C15H13ClN4O2S/c1-2-22-13(21)9-23-15-18-14-17-8-7-12(20(14)19-15)10-3-5-11(16)6-4-10/h3-8H,2,9H2,1H3. The molecule has 3 rings (SSSR count). The molecule has 0 radical (unpaired) electrons. The molecule has 2 heterocycles. The average Bonchev–Trinajstić information content (AvgIpc) is 2.97. The molecule has 118 valence electrons. The second kappa shape index (κ2) is 6.97. The summed E-state index contributed by atoms with van der Waals surface area (Å²) in [6, 6.07) is 9.30. The normalized spacial score (nSPS) is 10.9. The molecule has 8 heteroatoms. The minimum Gasteiger partial charge on any atom is -0.465 e. The van der Waals surface area contributed by atoms with Crippen molar-refractivity contribution in [1.82, 2.24) is 19.6 Å². The predicted molar refractivity (Wildman–Crippen MR) is 88.6 cm³/mol. The maximum absolute atomic E-state index is 11.4. The molecular weight excluding hydrogens is 336 g/mol. The number of fused-ring (bicyclic) bond motifs is 1. The third-order valence-electron chi connectivity index (χ3n) is 2.99. The number of nitrogens with zero attached hydrogens (tertiary/aromatic N) is 4. The van der Waals surface area contributed by atoms with Gasteiger partial charge in [-0.05, 0) is 25.1 Å². The Kier molecular flexibility index (Phi) is 4.78. The van der Waals surface area contributed by atoms with Crippen LogP contribution in [0.4, 0.5) is 0 Å². The van der Waals surface area contributed by atoms with E-state index in [1.165, 1.54) is 11.8 Å². The van der Waals surface area contributed by atoms with Gasteiger partial charge in [-0.3, -0.25) is 4.79 Å². The van der Waals surface area contributed by atoms with E-state index in [2.05, 4.69) is 15.1 Å². The zero-order valence-corrected chi connectivity index (χ0v) is 13.8. The van der Waals surface area contributed by atoms with Crippen molar-refractivity contribution in [2.45, 2.75) is 12.1 Å². The van der Waals surface area contributed by atoms with Gasteiger partial charge in [0.15, 0.2) is 0 Å². The van der Waals surface area contributed by atoms with Gasteiger partial charge in [-0.15, -0.1) is 5.10 Å². The van der Waals surface area contributed by atoms with Gasteiger partial charge in [0.2, 0.25) is 5.16 Å². The van der Waals surface area contributed by atoms with E-state index >= 15 is 0 Å². The number of carbonyl (C=O) groups excluding carboxylic acids is 1. The SMILES string of the molecule is CCOC(=O)CSc1nc2nccc(-c3ccc(Cl)cc3)n2n1. The van der Waals surface area contributed by atoms with Gasteiger partial charge in [-0.25, -0.2) is 4.98 Å². The molecular formula is C15H13ClN4O2S. The topological polar surface area (TPSA) is 69.4 Å². The summed E-state index contributed by atoms with van der Waals surface area (Å²) in [5.41, 5.74) is 1.80. The first-order valence-electron chi connectivity index (χ1n) is 6.93. The highest BCUT2D eigenvalue weighted by molar-refractivity contribution is 7.99. The molecule has 0 aliphatic heterocycles. The number of hydrogen-bond donors (Lipinski definition) is 0. The molecule has 0 N–H and O–H groups in total. The fraction of sp³-hybridized carbons (Fsp3) is 0.200. The van der Waals surface area contributed by atoms with E-state index < -0.39 is 0 Å². The van der Waals surface area contributed by atoms with Crippen LogP contribution in [0.25, 0.3) is 17.0 Å². The number of hydrogen-bond acceptors (Lipinski definition) is 6. The Labute approximate surface area is 141 Å². The van der Waals surface area contributed by atoms with Crippen molar-refractivity contribution in [2.24, 2.45) is 0 Å². The molecule has 3 aromatic rings. The zero-order valence-electron chi connectivity index (χ0n) is 12.3. The van der Waals surface area contributed by atoms with Crippen molar-refractivity contribution in [2.75, 3.05) is 12.4 Å². The second-order valence-corrected chi connectivity index (χ2v) is 5.92. The van der Waals surface area contributed by atoms with Gasteiger partial charge in [0, 0.05) is 16.8 Å². The molecule has 0 fully saturated rings. The first kappa shape index (κ1) is 15.8. The summed E-state index contributed by atoms with van der Waals surface area (Å²) in [5.74, 6) is 0.354. The van der Waals surface area contributed by atoms with Crippen LogP contribution in [0.1, 0.15) is 6.92 Å². The zero-order chi connectivity index (χ0) is 16.2. The molecule has 0 aliphatic rings. The summed E-state index contributed by atoms with van der Waals surface area (Å²) < 4.78 is 6.54. The van der Waals surface area contributed by atoms with Gasteiger partial charge >= 0.3 is 5.97 Å². The van der Waals surface area contributed by atoms with E-state index in [1.54, 1.807) is 17.6 Å². The molecule has 0 atom stereocenters. The monoisotopic (exact) mass is 348 g/mol. The van der Waals surface area contributed by atoms with Crippen molar-refractivity contribution in [3.8, 4) is 11.3 Å². The summed E-state index contributed by atoms with van der Waals surface area (Å²) in [5, 5.41) is 5.56. The Morgan fingerprint density at radius 2 is 2.09 bits per heavy atom. The molecule has 0 saturated carbocycles. The third kappa shape index (κ3) is 3.62. The molecule has 0 spiro atoms. The van der Waals surface area contributed by atoms with E-state index in [1.807, 2.05) is 30.3 Å². The molecule has 0 unspecified atom stereocenters. The highest BCUT2D eigenvalue weighted by atomic mass is 35.5. The van der Waals surface area contributed by atoms with Crippen LogP contribution in [0.2, 0.25) is 5.02 Å². The van der Waals surface area contributed by atoms with E-state index in [4.69, 9.17) is 16.3 Å². The molecule has 6 nitrogen and oxygen atoms in total. The lowest BCUT2D eigenvalue weighted by Crippen LogP contribution is -2.06.